The van der Waals surface area contributed by atoms with Gasteiger partial charge in [0.15, 0.2) is 0 Å². The number of ether oxygens (including phenoxy) is 1. The first kappa shape index (κ1) is 13.5. The van der Waals surface area contributed by atoms with Crippen molar-refractivity contribution in [2.75, 3.05) is 14.2 Å². The zero-order chi connectivity index (χ0) is 13.0. The lowest BCUT2D eigenvalue weighted by atomic mass is 9.75. The minimum atomic E-state index is 0.0645. The number of aromatic nitrogens is 3. The van der Waals surface area contributed by atoms with Gasteiger partial charge in [-0.15, -0.1) is 5.10 Å². The molecule has 2 rings (SSSR count). The third kappa shape index (κ3) is 2.57. The number of rotatable bonds is 7. The molecule has 0 aromatic carbocycles. The molecule has 0 radical (unpaired) electrons. The molecule has 1 unspecified atom stereocenters. The van der Waals surface area contributed by atoms with Gasteiger partial charge >= 0.3 is 0 Å². The second kappa shape index (κ2) is 5.80. The van der Waals surface area contributed by atoms with Crippen LogP contribution in [0.4, 0.5) is 0 Å². The fourth-order valence-corrected chi connectivity index (χ4v) is 2.71. The van der Waals surface area contributed by atoms with E-state index in [1.165, 1.54) is 12.1 Å². The summed E-state index contributed by atoms with van der Waals surface area (Å²) in [4.78, 5) is 0. The van der Waals surface area contributed by atoms with E-state index in [4.69, 9.17) is 4.74 Å². The van der Waals surface area contributed by atoms with Crippen LogP contribution in [0.5, 0.6) is 0 Å². The van der Waals surface area contributed by atoms with E-state index in [1.54, 1.807) is 0 Å². The van der Waals surface area contributed by atoms with Crippen LogP contribution in [0, 0.1) is 0 Å². The lowest BCUT2D eigenvalue weighted by molar-refractivity contribution is -0.0838. The normalized spacial score (nSPS) is 19.5. The topological polar surface area (TPSA) is 52.0 Å². The van der Waals surface area contributed by atoms with Gasteiger partial charge in [0.25, 0.3) is 0 Å². The van der Waals surface area contributed by atoms with Gasteiger partial charge in [-0.2, -0.15) is 0 Å². The molecule has 0 aliphatic heterocycles. The monoisotopic (exact) mass is 252 g/mol. The molecule has 0 spiro atoms. The highest BCUT2D eigenvalue weighted by Gasteiger charge is 2.39. The number of hydrogen-bond donors (Lipinski definition) is 1. The molecule has 1 aromatic heterocycles. The van der Waals surface area contributed by atoms with Crippen LogP contribution in [0.15, 0.2) is 6.20 Å². The molecule has 1 N–H and O–H groups in total. The Balaban J connectivity index is 2.10. The lowest BCUT2D eigenvalue weighted by Crippen LogP contribution is -2.42. The minimum absolute atomic E-state index is 0.0645. The number of nitrogens with zero attached hydrogens (tertiary/aromatic N) is 3. The Morgan fingerprint density at radius 2 is 2.33 bits per heavy atom. The molecule has 0 saturated heterocycles. The molecule has 1 saturated carbocycles. The second-order valence-corrected chi connectivity index (χ2v) is 5.17. The van der Waals surface area contributed by atoms with E-state index in [9.17, 15) is 0 Å². The maximum absolute atomic E-state index is 5.71. The van der Waals surface area contributed by atoms with Crippen molar-refractivity contribution in [3.63, 3.8) is 0 Å². The van der Waals surface area contributed by atoms with Crippen molar-refractivity contribution >= 4 is 0 Å². The van der Waals surface area contributed by atoms with E-state index in [0.29, 0.717) is 0 Å². The number of nitrogens with one attached hydrogen (secondary N) is 1. The molecule has 1 heterocycles. The van der Waals surface area contributed by atoms with Crippen molar-refractivity contribution in [3.8, 4) is 0 Å². The first-order valence-corrected chi connectivity index (χ1v) is 6.85. The standard InChI is InChI=1S/C13H24N4O/c1-4-8-17-12(10-15-16-17)11(14-2)9-13(18-3)6-5-7-13/h10-11,14H,4-9H2,1-3H3. The predicted octanol–water partition coefficient (Wildman–Crippen LogP) is 1.91. The highest BCUT2D eigenvalue weighted by atomic mass is 16.5. The van der Waals surface area contributed by atoms with Gasteiger partial charge in [-0.1, -0.05) is 12.1 Å². The molecular formula is C13H24N4O. The molecular weight excluding hydrogens is 228 g/mol. The van der Waals surface area contributed by atoms with Crippen LogP contribution in [0.1, 0.15) is 50.8 Å². The van der Waals surface area contributed by atoms with Crippen LogP contribution < -0.4 is 5.32 Å². The second-order valence-electron chi connectivity index (χ2n) is 5.17. The van der Waals surface area contributed by atoms with Crippen LogP contribution >= 0.6 is 0 Å². The van der Waals surface area contributed by atoms with E-state index < -0.39 is 0 Å². The van der Waals surface area contributed by atoms with Crippen molar-refractivity contribution in [1.29, 1.82) is 0 Å². The largest absolute Gasteiger partial charge is 0.378 e. The fraction of sp³-hybridized carbons (Fsp3) is 0.846. The zero-order valence-electron chi connectivity index (χ0n) is 11.6. The Morgan fingerprint density at radius 3 is 2.83 bits per heavy atom. The van der Waals surface area contributed by atoms with Crippen molar-refractivity contribution in [2.24, 2.45) is 0 Å². The van der Waals surface area contributed by atoms with Crippen molar-refractivity contribution < 1.29 is 4.74 Å². The number of hydrogen-bond acceptors (Lipinski definition) is 4. The van der Waals surface area contributed by atoms with E-state index in [-0.39, 0.29) is 11.6 Å². The highest BCUT2D eigenvalue weighted by molar-refractivity contribution is 5.06. The summed E-state index contributed by atoms with van der Waals surface area (Å²) in [7, 11) is 3.82. The van der Waals surface area contributed by atoms with Crippen LogP contribution in [-0.4, -0.2) is 34.8 Å². The fourth-order valence-electron chi connectivity index (χ4n) is 2.71. The van der Waals surface area contributed by atoms with Gasteiger partial charge in [0.05, 0.1) is 23.5 Å². The van der Waals surface area contributed by atoms with Crippen LogP contribution in [0.2, 0.25) is 0 Å². The summed E-state index contributed by atoms with van der Waals surface area (Å²) in [6, 6.07) is 0.270. The van der Waals surface area contributed by atoms with Crippen LogP contribution in [0.3, 0.4) is 0 Å². The summed E-state index contributed by atoms with van der Waals surface area (Å²) in [6.45, 7) is 3.08. The first-order chi connectivity index (χ1) is 8.74. The van der Waals surface area contributed by atoms with Gasteiger partial charge in [-0.05, 0) is 39.2 Å². The van der Waals surface area contributed by atoms with Gasteiger partial charge in [-0.25, -0.2) is 4.68 Å². The third-order valence-corrected chi connectivity index (χ3v) is 4.06. The SMILES string of the molecule is CCCn1nncc1C(CC1(OC)CCC1)NC. The van der Waals surface area contributed by atoms with Crippen LogP contribution in [-0.2, 0) is 11.3 Å². The summed E-state index contributed by atoms with van der Waals surface area (Å²) >= 11 is 0. The summed E-state index contributed by atoms with van der Waals surface area (Å²) in [6.07, 6.45) is 7.54. The Kier molecular flexibility index (Phi) is 4.35. The summed E-state index contributed by atoms with van der Waals surface area (Å²) in [5.41, 5.74) is 1.23. The minimum Gasteiger partial charge on any atom is -0.378 e. The van der Waals surface area contributed by atoms with Gasteiger partial charge in [0, 0.05) is 13.7 Å². The molecule has 0 amide bonds. The molecule has 18 heavy (non-hydrogen) atoms. The Hall–Kier alpha value is -0.940. The molecule has 1 atom stereocenters. The van der Waals surface area contributed by atoms with Gasteiger partial charge < -0.3 is 10.1 Å². The van der Waals surface area contributed by atoms with E-state index in [0.717, 1.165) is 32.2 Å². The Morgan fingerprint density at radius 1 is 1.56 bits per heavy atom. The van der Waals surface area contributed by atoms with Crippen LogP contribution in [0.25, 0.3) is 0 Å². The average molecular weight is 252 g/mol. The lowest BCUT2D eigenvalue weighted by Gasteiger charge is -2.42. The van der Waals surface area contributed by atoms with E-state index in [1.807, 2.05) is 25.0 Å². The first-order valence-electron chi connectivity index (χ1n) is 6.85. The number of aryl methyl sites for hydroxylation is 1. The quantitative estimate of drug-likeness (QED) is 0.805. The van der Waals surface area contributed by atoms with Gasteiger partial charge in [-0.3, -0.25) is 0 Å². The van der Waals surface area contributed by atoms with Gasteiger partial charge in [0.2, 0.25) is 0 Å². The molecule has 102 valence electrons. The Labute approximate surface area is 109 Å². The molecule has 5 heteroatoms. The van der Waals surface area contributed by atoms with E-state index in [2.05, 4.69) is 22.6 Å². The molecule has 1 aliphatic rings. The predicted molar refractivity (Wildman–Crippen MR) is 70.3 cm³/mol. The molecule has 1 aliphatic carbocycles. The average Bonchev–Trinajstić information content (AvgIpc) is 2.78. The molecule has 5 nitrogen and oxygen atoms in total. The summed E-state index contributed by atoms with van der Waals surface area (Å²) < 4.78 is 7.72. The van der Waals surface area contributed by atoms with Crippen molar-refractivity contribution in [1.82, 2.24) is 20.3 Å². The molecule has 0 bridgehead atoms. The van der Waals surface area contributed by atoms with Crippen molar-refractivity contribution in [2.45, 2.75) is 57.2 Å². The highest BCUT2D eigenvalue weighted by Crippen LogP contribution is 2.41. The van der Waals surface area contributed by atoms with Gasteiger partial charge in [0.1, 0.15) is 0 Å². The molecule has 1 aromatic rings. The maximum atomic E-state index is 5.71. The van der Waals surface area contributed by atoms with E-state index >= 15 is 0 Å². The summed E-state index contributed by atoms with van der Waals surface area (Å²) in [5.74, 6) is 0. The third-order valence-electron chi connectivity index (χ3n) is 4.06. The summed E-state index contributed by atoms with van der Waals surface area (Å²) in [5, 5.41) is 11.6. The maximum Gasteiger partial charge on any atom is 0.0757 e. The Bertz CT molecular complexity index is 367. The number of methoxy groups -OCH3 is 1. The van der Waals surface area contributed by atoms with Crippen molar-refractivity contribution in [3.05, 3.63) is 11.9 Å². The molecule has 1 fully saturated rings. The zero-order valence-corrected chi connectivity index (χ0v) is 11.6. The smallest absolute Gasteiger partial charge is 0.0757 e.